The Morgan fingerprint density at radius 2 is 1.79 bits per heavy atom. The van der Waals surface area contributed by atoms with E-state index in [9.17, 15) is 22.8 Å². The predicted octanol–water partition coefficient (Wildman–Crippen LogP) is 0.191. The molecule has 0 bridgehead atoms. The maximum atomic E-state index is 11.6. The van der Waals surface area contributed by atoms with Gasteiger partial charge < -0.3 is 10.6 Å². The van der Waals surface area contributed by atoms with Crippen LogP contribution in [0.15, 0.2) is 0 Å². The topological polar surface area (TPSA) is 58.2 Å². The summed E-state index contributed by atoms with van der Waals surface area (Å²) in [7, 11) is 0. The molecule has 0 aromatic carbocycles. The molecule has 0 aromatic rings. The Bertz CT molecular complexity index is 215. The third kappa shape index (κ3) is 5.39. The van der Waals surface area contributed by atoms with Gasteiger partial charge in [0.2, 0.25) is 5.91 Å². The van der Waals surface area contributed by atoms with Crippen molar-refractivity contribution in [2.75, 3.05) is 13.1 Å². The molecule has 14 heavy (non-hydrogen) atoms. The van der Waals surface area contributed by atoms with E-state index in [-0.39, 0.29) is 0 Å². The summed E-state index contributed by atoms with van der Waals surface area (Å²) >= 11 is 0. The Kier molecular flexibility index (Phi) is 4.96. The van der Waals surface area contributed by atoms with E-state index in [4.69, 9.17) is 0 Å². The summed E-state index contributed by atoms with van der Waals surface area (Å²) < 4.78 is 34.8. The van der Waals surface area contributed by atoms with Crippen LogP contribution in [0.5, 0.6) is 0 Å². The first-order valence-electron chi connectivity index (χ1n) is 3.99. The van der Waals surface area contributed by atoms with Crippen molar-refractivity contribution in [1.82, 2.24) is 10.6 Å². The fourth-order valence-electron chi connectivity index (χ4n) is 0.588. The molecular formula is C7H11F3N2O2. The zero-order valence-corrected chi connectivity index (χ0v) is 7.57. The molecule has 2 N–H and O–H groups in total. The highest BCUT2D eigenvalue weighted by atomic mass is 19.4. The first-order chi connectivity index (χ1) is 6.38. The van der Waals surface area contributed by atoms with Crippen molar-refractivity contribution < 1.29 is 22.8 Å². The Balaban J connectivity index is 3.73. The van der Waals surface area contributed by atoms with Gasteiger partial charge in [-0.2, -0.15) is 13.2 Å². The molecule has 0 aliphatic rings. The van der Waals surface area contributed by atoms with Gasteiger partial charge >= 0.3 is 12.1 Å². The lowest BCUT2D eigenvalue weighted by atomic mass is 10.4. The van der Waals surface area contributed by atoms with Crippen molar-refractivity contribution in [2.24, 2.45) is 0 Å². The molecule has 0 aromatic heterocycles. The number of hydrogen-bond acceptors (Lipinski definition) is 2. The molecule has 0 radical (unpaired) electrons. The van der Waals surface area contributed by atoms with Gasteiger partial charge in [0.15, 0.2) is 0 Å². The van der Waals surface area contributed by atoms with E-state index in [1.54, 1.807) is 6.92 Å². The van der Waals surface area contributed by atoms with Gasteiger partial charge in [0, 0.05) is 6.54 Å². The highest BCUT2D eigenvalue weighted by Crippen LogP contribution is 2.13. The van der Waals surface area contributed by atoms with Crippen LogP contribution in [0, 0.1) is 0 Å². The molecule has 0 aliphatic heterocycles. The van der Waals surface area contributed by atoms with E-state index >= 15 is 0 Å². The number of carbonyl (C=O) groups is 2. The number of alkyl halides is 3. The lowest BCUT2D eigenvalue weighted by molar-refractivity contribution is -0.173. The third-order valence-electron chi connectivity index (χ3n) is 1.24. The Labute approximate surface area is 78.8 Å². The van der Waals surface area contributed by atoms with Gasteiger partial charge in [0.05, 0.1) is 6.54 Å². The number of amides is 2. The zero-order valence-electron chi connectivity index (χ0n) is 7.57. The van der Waals surface area contributed by atoms with Crippen LogP contribution in [0.1, 0.15) is 13.3 Å². The predicted molar refractivity (Wildman–Crippen MR) is 42.4 cm³/mol. The summed E-state index contributed by atoms with van der Waals surface area (Å²) in [4.78, 5) is 21.0. The average molecular weight is 212 g/mol. The van der Waals surface area contributed by atoms with E-state index in [0.29, 0.717) is 13.0 Å². The van der Waals surface area contributed by atoms with Gasteiger partial charge in [-0.05, 0) is 6.42 Å². The minimum Gasteiger partial charge on any atom is -0.355 e. The molecule has 0 fully saturated rings. The van der Waals surface area contributed by atoms with Crippen molar-refractivity contribution in [3.63, 3.8) is 0 Å². The molecule has 0 spiro atoms. The monoisotopic (exact) mass is 212 g/mol. The number of hydrogen-bond donors (Lipinski definition) is 2. The quantitative estimate of drug-likeness (QED) is 0.699. The van der Waals surface area contributed by atoms with E-state index in [1.165, 1.54) is 5.32 Å². The zero-order chi connectivity index (χ0) is 11.2. The van der Waals surface area contributed by atoms with E-state index in [0.717, 1.165) is 0 Å². The van der Waals surface area contributed by atoms with Gasteiger partial charge in [-0.3, -0.25) is 9.59 Å². The second kappa shape index (κ2) is 5.46. The van der Waals surface area contributed by atoms with E-state index in [1.807, 2.05) is 0 Å². The van der Waals surface area contributed by atoms with Crippen molar-refractivity contribution in [3.05, 3.63) is 0 Å². The molecule has 2 amide bonds. The molecule has 82 valence electrons. The molecule has 0 rings (SSSR count). The fourth-order valence-corrected chi connectivity index (χ4v) is 0.588. The summed E-state index contributed by atoms with van der Waals surface area (Å²) in [5, 5.41) is 3.77. The van der Waals surface area contributed by atoms with Gasteiger partial charge in [-0.15, -0.1) is 0 Å². The smallest absolute Gasteiger partial charge is 0.355 e. The maximum Gasteiger partial charge on any atom is 0.471 e. The lowest BCUT2D eigenvalue weighted by Gasteiger charge is -2.07. The van der Waals surface area contributed by atoms with Crippen LogP contribution in [0.25, 0.3) is 0 Å². The van der Waals surface area contributed by atoms with Crippen LogP contribution in [0.3, 0.4) is 0 Å². The summed E-state index contributed by atoms with van der Waals surface area (Å²) in [5.41, 5.74) is 0. The van der Waals surface area contributed by atoms with E-state index < -0.39 is 24.5 Å². The Morgan fingerprint density at radius 1 is 1.21 bits per heavy atom. The van der Waals surface area contributed by atoms with Crippen molar-refractivity contribution in [2.45, 2.75) is 19.5 Å². The second-order valence-electron chi connectivity index (χ2n) is 2.53. The molecule has 7 heteroatoms. The SMILES string of the molecule is CCCNC(=O)CNC(=O)C(F)(F)F. The van der Waals surface area contributed by atoms with Crippen LogP contribution in [-0.2, 0) is 9.59 Å². The molecule has 4 nitrogen and oxygen atoms in total. The number of halogens is 3. The minimum atomic E-state index is -4.94. The summed E-state index contributed by atoms with van der Waals surface area (Å²) in [6, 6.07) is 0. The van der Waals surface area contributed by atoms with Crippen molar-refractivity contribution in [1.29, 1.82) is 0 Å². The highest BCUT2D eigenvalue weighted by molar-refractivity contribution is 5.87. The standard InChI is InChI=1S/C7H11F3N2O2/c1-2-3-11-5(13)4-12-6(14)7(8,9)10/h2-4H2,1H3,(H,11,13)(H,12,14). The van der Waals surface area contributed by atoms with E-state index in [2.05, 4.69) is 5.32 Å². The van der Waals surface area contributed by atoms with Crippen LogP contribution >= 0.6 is 0 Å². The number of carbonyl (C=O) groups excluding carboxylic acids is 2. The van der Waals surface area contributed by atoms with Gasteiger partial charge in [-0.25, -0.2) is 0 Å². The number of nitrogens with one attached hydrogen (secondary N) is 2. The number of rotatable bonds is 4. The first-order valence-corrected chi connectivity index (χ1v) is 3.99. The average Bonchev–Trinajstić information content (AvgIpc) is 2.09. The minimum absolute atomic E-state index is 0.376. The largest absolute Gasteiger partial charge is 0.471 e. The third-order valence-corrected chi connectivity index (χ3v) is 1.24. The molecule has 0 atom stereocenters. The van der Waals surface area contributed by atoms with Crippen molar-refractivity contribution in [3.8, 4) is 0 Å². The maximum absolute atomic E-state index is 11.6. The van der Waals surface area contributed by atoms with Gasteiger partial charge in [-0.1, -0.05) is 6.92 Å². The second-order valence-corrected chi connectivity index (χ2v) is 2.53. The van der Waals surface area contributed by atoms with Crippen LogP contribution in [-0.4, -0.2) is 31.1 Å². The summed E-state index contributed by atoms with van der Waals surface area (Å²) in [6.07, 6.45) is -4.26. The molecule has 0 heterocycles. The van der Waals surface area contributed by atoms with Gasteiger partial charge in [0.25, 0.3) is 0 Å². The Hall–Kier alpha value is -1.27. The normalized spacial score (nSPS) is 10.9. The highest BCUT2D eigenvalue weighted by Gasteiger charge is 2.38. The Morgan fingerprint density at radius 3 is 2.21 bits per heavy atom. The lowest BCUT2D eigenvalue weighted by Crippen LogP contribution is -2.42. The van der Waals surface area contributed by atoms with Crippen LogP contribution in [0.4, 0.5) is 13.2 Å². The molecular weight excluding hydrogens is 201 g/mol. The molecule has 0 unspecified atom stereocenters. The molecule has 0 saturated carbocycles. The summed E-state index contributed by atoms with van der Waals surface area (Å²) in [5.74, 6) is -2.74. The molecule has 0 aliphatic carbocycles. The van der Waals surface area contributed by atoms with Crippen LogP contribution < -0.4 is 10.6 Å². The fraction of sp³-hybridized carbons (Fsp3) is 0.714. The van der Waals surface area contributed by atoms with Gasteiger partial charge in [0.1, 0.15) is 0 Å². The van der Waals surface area contributed by atoms with Crippen LogP contribution in [0.2, 0.25) is 0 Å². The van der Waals surface area contributed by atoms with Crippen molar-refractivity contribution >= 4 is 11.8 Å². The summed E-state index contributed by atoms with van der Waals surface area (Å²) in [6.45, 7) is 1.52. The molecule has 0 saturated heterocycles. The first kappa shape index (κ1) is 12.7.